The summed E-state index contributed by atoms with van der Waals surface area (Å²) in [4.78, 5) is 37.4. The van der Waals surface area contributed by atoms with Gasteiger partial charge in [0.25, 0.3) is 0 Å². The van der Waals surface area contributed by atoms with Crippen LogP contribution in [0.3, 0.4) is 0 Å². The summed E-state index contributed by atoms with van der Waals surface area (Å²) >= 11 is 5.83. The van der Waals surface area contributed by atoms with Crippen LogP contribution in [-0.4, -0.2) is 24.3 Å². The van der Waals surface area contributed by atoms with Gasteiger partial charge in [0.05, 0.1) is 5.92 Å². The normalized spacial score (nSPS) is 16.5. The summed E-state index contributed by atoms with van der Waals surface area (Å²) in [5.74, 6) is -0.881. The molecule has 1 atom stereocenters. The second-order valence-corrected chi connectivity index (χ2v) is 6.57. The van der Waals surface area contributed by atoms with E-state index in [2.05, 4.69) is 10.6 Å². The van der Waals surface area contributed by atoms with E-state index in [1.807, 2.05) is 0 Å². The smallest absolute Gasteiger partial charge is 0.229 e. The topological polar surface area (TPSA) is 78.5 Å². The van der Waals surface area contributed by atoms with Crippen molar-refractivity contribution in [3.63, 3.8) is 0 Å². The van der Waals surface area contributed by atoms with Gasteiger partial charge in [0.1, 0.15) is 0 Å². The molecule has 1 unspecified atom stereocenters. The van der Waals surface area contributed by atoms with Crippen molar-refractivity contribution in [1.82, 2.24) is 0 Å². The van der Waals surface area contributed by atoms with Crippen molar-refractivity contribution in [2.75, 3.05) is 22.1 Å². The first-order chi connectivity index (χ1) is 12.4. The zero-order valence-corrected chi connectivity index (χ0v) is 14.9. The predicted octanol–water partition coefficient (Wildman–Crippen LogP) is 3.29. The van der Waals surface area contributed by atoms with Gasteiger partial charge < -0.3 is 15.5 Å². The number of anilines is 3. The summed E-state index contributed by atoms with van der Waals surface area (Å²) < 4.78 is 0. The van der Waals surface area contributed by atoms with Crippen molar-refractivity contribution >= 4 is 46.4 Å². The van der Waals surface area contributed by atoms with E-state index in [1.165, 1.54) is 6.92 Å². The fourth-order valence-electron chi connectivity index (χ4n) is 2.84. The fourth-order valence-corrected chi connectivity index (χ4v) is 2.96. The Labute approximate surface area is 156 Å². The molecule has 2 aromatic rings. The lowest BCUT2D eigenvalue weighted by Crippen LogP contribution is -2.28. The highest BCUT2D eigenvalue weighted by Gasteiger charge is 2.35. The molecule has 7 heteroatoms. The highest BCUT2D eigenvalue weighted by molar-refractivity contribution is 6.30. The first-order valence-corrected chi connectivity index (χ1v) is 8.54. The molecule has 6 nitrogen and oxygen atoms in total. The van der Waals surface area contributed by atoms with Crippen LogP contribution < -0.4 is 15.5 Å². The summed E-state index contributed by atoms with van der Waals surface area (Å²) in [6.45, 7) is 1.75. The number of halogens is 1. The van der Waals surface area contributed by atoms with E-state index in [4.69, 9.17) is 11.6 Å². The first-order valence-electron chi connectivity index (χ1n) is 8.17. The van der Waals surface area contributed by atoms with Crippen molar-refractivity contribution in [3.05, 3.63) is 53.6 Å². The minimum absolute atomic E-state index is 0.103. The van der Waals surface area contributed by atoms with E-state index < -0.39 is 5.92 Å². The molecule has 1 aliphatic rings. The Hall–Kier alpha value is -2.86. The first kappa shape index (κ1) is 17.9. The molecule has 3 rings (SSSR count). The number of carbonyl (C=O) groups excluding carboxylic acids is 3. The summed E-state index contributed by atoms with van der Waals surface area (Å²) in [5, 5.41) is 6.08. The molecule has 134 valence electrons. The van der Waals surface area contributed by atoms with Gasteiger partial charge in [-0.3, -0.25) is 14.4 Å². The molecular weight excluding hydrogens is 354 g/mol. The fraction of sp³-hybridized carbons (Fsp3) is 0.211. The van der Waals surface area contributed by atoms with Gasteiger partial charge in [0.2, 0.25) is 17.7 Å². The van der Waals surface area contributed by atoms with E-state index >= 15 is 0 Å². The predicted molar refractivity (Wildman–Crippen MR) is 101 cm³/mol. The van der Waals surface area contributed by atoms with Crippen LogP contribution in [0, 0.1) is 5.92 Å². The highest BCUT2D eigenvalue weighted by Crippen LogP contribution is 2.27. The SMILES string of the molecule is CC(=O)Nc1ccc(N2CC(C(=O)Nc3ccc(Cl)cc3)CC2=O)cc1. The lowest BCUT2D eigenvalue weighted by molar-refractivity contribution is -0.122. The maximum absolute atomic E-state index is 12.4. The standard InChI is InChI=1S/C19H18ClN3O3/c1-12(24)21-15-6-8-17(9-7-15)23-11-13(10-18(23)25)19(26)22-16-4-2-14(20)3-5-16/h2-9,13H,10-11H2,1H3,(H,21,24)(H,22,26). The maximum Gasteiger partial charge on any atom is 0.229 e. The summed E-state index contributed by atoms with van der Waals surface area (Å²) in [7, 11) is 0. The number of benzene rings is 2. The quantitative estimate of drug-likeness (QED) is 0.865. The van der Waals surface area contributed by atoms with Gasteiger partial charge in [-0.1, -0.05) is 11.6 Å². The molecule has 1 fully saturated rings. The lowest BCUT2D eigenvalue weighted by atomic mass is 10.1. The lowest BCUT2D eigenvalue weighted by Gasteiger charge is -2.17. The highest BCUT2D eigenvalue weighted by atomic mass is 35.5. The molecule has 0 saturated carbocycles. The minimum Gasteiger partial charge on any atom is -0.326 e. The third-order valence-corrected chi connectivity index (χ3v) is 4.36. The number of nitrogens with zero attached hydrogens (tertiary/aromatic N) is 1. The third kappa shape index (κ3) is 4.21. The Morgan fingerprint density at radius 3 is 2.19 bits per heavy atom. The largest absolute Gasteiger partial charge is 0.326 e. The molecular formula is C19H18ClN3O3. The molecule has 1 aliphatic heterocycles. The molecule has 0 spiro atoms. The molecule has 1 saturated heterocycles. The molecule has 0 radical (unpaired) electrons. The number of hydrogen-bond acceptors (Lipinski definition) is 3. The van der Waals surface area contributed by atoms with Gasteiger partial charge >= 0.3 is 0 Å². The molecule has 2 N–H and O–H groups in total. The number of carbonyl (C=O) groups is 3. The van der Waals surface area contributed by atoms with E-state index in [-0.39, 0.29) is 24.1 Å². The molecule has 0 bridgehead atoms. The molecule has 1 heterocycles. The van der Waals surface area contributed by atoms with E-state index in [9.17, 15) is 14.4 Å². The van der Waals surface area contributed by atoms with Crippen LogP contribution in [0.1, 0.15) is 13.3 Å². The number of nitrogens with one attached hydrogen (secondary N) is 2. The molecule has 26 heavy (non-hydrogen) atoms. The Kier molecular flexibility index (Phi) is 5.23. The van der Waals surface area contributed by atoms with Crippen molar-refractivity contribution in [2.45, 2.75) is 13.3 Å². The van der Waals surface area contributed by atoms with Gasteiger partial charge in [-0.05, 0) is 48.5 Å². The van der Waals surface area contributed by atoms with Gasteiger partial charge in [0, 0.05) is 42.0 Å². The van der Waals surface area contributed by atoms with Crippen LogP contribution in [0.25, 0.3) is 0 Å². The van der Waals surface area contributed by atoms with E-state index in [0.717, 1.165) is 0 Å². The second-order valence-electron chi connectivity index (χ2n) is 6.13. The van der Waals surface area contributed by atoms with Crippen molar-refractivity contribution in [1.29, 1.82) is 0 Å². The van der Waals surface area contributed by atoms with Crippen LogP contribution in [0.2, 0.25) is 5.02 Å². The van der Waals surface area contributed by atoms with Gasteiger partial charge in [-0.2, -0.15) is 0 Å². The van der Waals surface area contributed by atoms with Crippen LogP contribution >= 0.6 is 11.6 Å². The molecule has 0 aromatic heterocycles. The summed E-state index contributed by atoms with van der Waals surface area (Å²) in [6, 6.07) is 13.8. The van der Waals surface area contributed by atoms with Crippen LogP contribution in [0.5, 0.6) is 0 Å². The molecule has 3 amide bonds. The summed E-state index contributed by atoms with van der Waals surface area (Å²) in [6.07, 6.45) is 0.160. The van der Waals surface area contributed by atoms with Crippen molar-refractivity contribution in [3.8, 4) is 0 Å². The zero-order valence-electron chi connectivity index (χ0n) is 14.2. The maximum atomic E-state index is 12.4. The number of hydrogen-bond donors (Lipinski definition) is 2. The average molecular weight is 372 g/mol. The van der Waals surface area contributed by atoms with E-state index in [1.54, 1.807) is 53.4 Å². The molecule has 2 aromatic carbocycles. The summed E-state index contributed by atoms with van der Waals surface area (Å²) in [5.41, 5.74) is 2.00. The van der Waals surface area contributed by atoms with Crippen LogP contribution in [0.15, 0.2) is 48.5 Å². The van der Waals surface area contributed by atoms with Crippen LogP contribution in [-0.2, 0) is 14.4 Å². The number of amides is 3. The molecule has 0 aliphatic carbocycles. The number of rotatable bonds is 4. The Morgan fingerprint density at radius 2 is 1.58 bits per heavy atom. The van der Waals surface area contributed by atoms with Gasteiger partial charge in [-0.15, -0.1) is 0 Å². The van der Waals surface area contributed by atoms with E-state index in [0.29, 0.717) is 28.6 Å². The monoisotopic (exact) mass is 371 g/mol. The average Bonchev–Trinajstić information content (AvgIpc) is 2.99. The zero-order chi connectivity index (χ0) is 18.7. The van der Waals surface area contributed by atoms with Gasteiger partial charge in [0.15, 0.2) is 0 Å². The van der Waals surface area contributed by atoms with Crippen LogP contribution in [0.4, 0.5) is 17.1 Å². The second kappa shape index (κ2) is 7.58. The van der Waals surface area contributed by atoms with Crippen molar-refractivity contribution < 1.29 is 14.4 Å². The van der Waals surface area contributed by atoms with Gasteiger partial charge in [-0.25, -0.2) is 0 Å². The Bertz CT molecular complexity index is 834. The Morgan fingerprint density at radius 1 is 1.00 bits per heavy atom. The third-order valence-electron chi connectivity index (χ3n) is 4.11. The Balaban J connectivity index is 1.65. The minimum atomic E-state index is -0.423. The van der Waals surface area contributed by atoms with Crippen molar-refractivity contribution in [2.24, 2.45) is 5.92 Å².